The molecule has 1 saturated carbocycles. The molecule has 0 radical (unpaired) electrons. The molecule has 2 aliphatic rings. The number of amides is 2. The Morgan fingerprint density at radius 1 is 1.11 bits per heavy atom. The lowest BCUT2D eigenvalue weighted by Gasteiger charge is -2.32. The van der Waals surface area contributed by atoms with E-state index >= 15 is 0 Å². The number of nitrogens with zero attached hydrogens (tertiary/aromatic N) is 2. The van der Waals surface area contributed by atoms with E-state index in [1.54, 1.807) is 24.3 Å². The van der Waals surface area contributed by atoms with Crippen molar-refractivity contribution >= 4 is 33.4 Å². The molecule has 1 unspecified atom stereocenters. The zero-order valence-corrected chi connectivity index (χ0v) is 17.2. The van der Waals surface area contributed by atoms with Gasteiger partial charge in [-0.15, -0.1) is 0 Å². The van der Waals surface area contributed by atoms with Crippen molar-refractivity contribution in [2.24, 2.45) is 5.73 Å². The first-order chi connectivity index (χ1) is 13.2. The van der Waals surface area contributed by atoms with Crippen LogP contribution >= 0.6 is 11.6 Å². The highest BCUT2D eigenvalue weighted by atomic mass is 35.5. The molecule has 2 amide bonds. The zero-order chi connectivity index (χ0) is 20.5. The van der Waals surface area contributed by atoms with Gasteiger partial charge in [0.05, 0.1) is 6.26 Å². The monoisotopic (exact) mass is 428 g/mol. The molecule has 1 aliphatic carbocycles. The molecule has 0 bridgehead atoms. The lowest BCUT2D eigenvalue weighted by molar-refractivity contribution is -0.128. The van der Waals surface area contributed by atoms with Crippen LogP contribution in [0.15, 0.2) is 24.3 Å². The summed E-state index contributed by atoms with van der Waals surface area (Å²) in [5.74, 6) is -0.889. The quantitative estimate of drug-likeness (QED) is 0.735. The second-order valence-electron chi connectivity index (χ2n) is 7.37. The van der Waals surface area contributed by atoms with Crippen molar-refractivity contribution in [1.82, 2.24) is 14.5 Å². The van der Waals surface area contributed by atoms with Crippen LogP contribution in [0.3, 0.4) is 0 Å². The number of hydrogen-bond acceptors (Lipinski definition) is 5. The average Bonchev–Trinajstić information content (AvgIpc) is 3.09. The summed E-state index contributed by atoms with van der Waals surface area (Å²) in [4.78, 5) is 27.2. The number of carbonyl (C=O) groups is 2. The van der Waals surface area contributed by atoms with Gasteiger partial charge in [-0.05, 0) is 49.9 Å². The number of nitrogens with one attached hydrogen (secondary N) is 1. The highest BCUT2D eigenvalue weighted by Gasteiger charge is 2.45. The van der Waals surface area contributed by atoms with Crippen LogP contribution in [0.25, 0.3) is 0 Å². The lowest BCUT2D eigenvalue weighted by atomic mass is 9.92. The van der Waals surface area contributed by atoms with Gasteiger partial charge in [-0.25, -0.2) is 8.42 Å². The molecule has 8 nitrogen and oxygen atoms in total. The minimum absolute atomic E-state index is 0.0678. The number of sulfonamides is 1. The fourth-order valence-electron chi connectivity index (χ4n) is 3.74. The van der Waals surface area contributed by atoms with Crippen LogP contribution in [0.5, 0.6) is 0 Å². The molecule has 28 heavy (non-hydrogen) atoms. The maximum absolute atomic E-state index is 13.0. The molecular formula is C18H25ClN4O4S. The molecule has 1 atom stereocenters. The predicted octanol–water partition coefficient (Wildman–Crippen LogP) is 0.770. The second kappa shape index (κ2) is 8.36. The number of hydrogen-bond donors (Lipinski definition) is 2. The molecule has 1 aromatic carbocycles. The summed E-state index contributed by atoms with van der Waals surface area (Å²) in [6.45, 7) is 0.216. The number of nitrogens with two attached hydrogens (primary N) is 1. The molecule has 154 valence electrons. The Labute approximate surface area is 170 Å². The number of benzene rings is 1. The molecule has 0 aromatic heterocycles. The van der Waals surface area contributed by atoms with Crippen LogP contribution in [-0.4, -0.2) is 67.0 Å². The molecule has 1 saturated heterocycles. The minimum atomic E-state index is -3.66. The van der Waals surface area contributed by atoms with Gasteiger partial charge in [0.1, 0.15) is 0 Å². The Kier molecular flexibility index (Phi) is 6.28. The van der Waals surface area contributed by atoms with Crippen molar-refractivity contribution in [1.29, 1.82) is 0 Å². The van der Waals surface area contributed by atoms with Gasteiger partial charge >= 0.3 is 0 Å². The fraction of sp³-hybridized carbons (Fsp3) is 0.556. The van der Waals surface area contributed by atoms with E-state index in [9.17, 15) is 18.0 Å². The van der Waals surface area contributed by atoms with Crippen LogP contribution in [0, 0.1) is 0 Å². The summed E-state index contributed by atoms with van der Waals surface area (Å²) < 4.78 is 25.5. The van der Waals surface area contributed by atoms with Crippen LogP contribution in [-0.2, 0) is 14.8 Å². The fourth-order valence-corrected chi connectivity index (χ4v) is 4.85. The van der Waals surface area contributed by atoms with Gasteiger partial charge in [0.15, 0.2) is 6.17 Å². The van der Waals surface area contributed by atoms with Crippen LogP contribution in [0.2, 0.25) is 5.02 Å². The predicted molar refractivity (Wildman–Crippen MR) is 106 cm³/mol. The summed E-state index contributed by atoms with van der Waals surface area (Å²) in [7, 11) is -3.66. The molecule has 3 rings (SSSR count). The largest absolute Gasteiger partial charge is 0.350 e. The Morgan fingerprint density at radius 3 is 2.29 bits per heavy atom. The van der Waals surface area contributed by atoms with E-state index in [0.717, 1.165) is 36.2 Å². The van der Waals surface area contributed by atoms with Crippen molar-refractivity contribution in [2.45, 2.75) is 43.9 Å². The van der Waals surface area contributed by atoms with Crippen molar-refractivity contribution in [3.63, 3.8) is 0 Å². The van der Waals surface area contributed by atoms with Crippen LogP contribution in [0.4, 0.5) is 0 Å². The number of rotatable bonds is 4. The Hall–Kier alpha value is -1.68. The van der Waals surface area contributed by atoms with E-state index in [1.807, 2.05) is 0 Å². The molecular weight excluding hydrogens is 404 g/mol. The first-order valence-corrected chi connectivity index (χ1v) is 11.5. The van der Waals surface area contributed by atoms with E-state index in [1.165, 1.54) is 4.90 Å². The maximum atomic E-state index is 13.0. The molecule has 10 heteroatoms. The van der Waals surface area contributed by atoms with Crippen LogP contribution in [0.1, 0.15) is 36.0 Å². The molecule has 0 spiro atoms. The standard InChI is InChI=1S/C18H25ClN4O4S/c1-28(26,27)23-11-10-22(18(25)12-2-4-13(19)5-3-12)17(23)16(24)21-15-8-6-14(20)7-9-15/h2-5,14-15,17H,6-11,20H2,1H3,(H,21,24). The summed E-state index contributed by atoms with van der Waals surface area (Å²) in [5, 5.41) is 3.40. The van der Waals surface area contributed by atoms with E-state index in [0.29, 0.717) is 10.6 Å². The van der Waals surface area contributed by atoms with Gasteiger partial charge in [-0.1, -0.05) is 11.6 Å². The van der Waals surface area contributed by atoms with E-state index in [4.69, 9.17) is 17.3 Å². The van der Waals surface area contributed by atoms with E-state index < -0.39 is 28.0 Å². The van der Waals surface area contributed by atoms with Crippen LogP contribution < -0.4 is 11.1 Å². The Bertz CT molecular complexity index is 838. The molecule has 3 N–H and O–H groups in total. The highest BCUT2D eigenvalue weighted by molar-refractivity contribution is 7.88. The number of halogens is 1. The number of carbonyl (C=O) groups excluding carboxylic acids is 2. The van der Waals surface area contributed by atoms with Crippen molar-refractivity contribution in [2.75, 3.05) is 19.3 Å². The topological polar surface area (TPSA) is 113 Å². The first-order valence-electron chi connectivity index (χ1n) is 9.26. The minimum Gasteiger partial charge on any atom is -0.350 e. The second-order valence-corrected chi connectivity index (χ2v) is 9.74. The van der Waals surface area contributed by atoms with Gasteiger partial charge in [-0.3, -0.25) is 9.59 Å². The highest BCUT2D eigenvalue weighted by Crippen LogP contribution is 2.23. The van der Waals surface area contributed by atoms with Crippen molar-refractivity contribution in [3.8, 4) is 0 Å². The molecule has 1 heterocycles. The van der Waals surface area contributed by atoms with Crippen molar-refractivity contribution in [3.05, 3.63) is 34.9 Å². The summed E-state index contributed by atoms with van der Waals surface area (Å²) >= 11 is 5.87. The summed E-state index contributed by atoms with van der Waals surface area (Å²) in [6, 6.07) is 6.35. The van der Waals surface area contributed by atoms with Gasteiger partial charge in [-0.2, -0.15) is 4.31 Å². The normalized spacial score (nSPS) is 26.2. The molecule has 1 aliphatic heterocycles. The smallest absolute Gasteiger partial charge is 0.259 e. The Morgan fingerprint density at radius 2 is 1.71 bits per heavy atom. The Balaban J connectivity index is 1.81. The third-order valence-electron chi connectivity index (χ3n) is 5.26. The molecule has 2 fully saturated rings. The van der Waals surface area contributed by atoms with Crippen molar-refractivity contribution < 1.29 is 18.0 Å². The maximum Gasteiger partial charge on any atom is 0.259 e. The zero-order valence-electron chi connectivity index (χ0n) is 15.7. The van der Waals surface area contributed by atoms with E-state index in [-0.39, 0.29) is 25.2 Å². The van der Waals surface area contributed by atoms with E-state index in [2.05, 4.69) is 5.32 Å². The van der Waals surface area contributed by atoms with Gasteiger partial charge in [0.25, 0.3) is 11.8 Å². The van der Waals surface area contributed by atoms with Gasteiger partial charge in [0.2, 0.25) is 10.0 Å². The summed E-state index contributed by atoms with van der Waals surface area (Å²) in [5.41, 5.74) is 6.25. The molecule has 1 aromatic rings. The third kappa shape index (κ3) is 4.65. The SMILES string of the molecule is CS(=O)(=O)N1CCN(C(=O)c2ccc(Cl)cc2)C1C(=O)NC1CCC(N)CC1. The summed E-state index contributed by atoms with van der Waals surface area (Å²) in [6.07, 6.45) is 2.93. The lowest BCUT2D eigenvalue weighted by Crippen LogP contribution is -2.55. The average molecular weight is 429 g/mol. The van der Waals surface area contributed by atoms with Gasteiger partial charge in [0, 0.05) is 35.8 Å². The third-order valence-corrected chi connectivity index (χ3v) is 6.75. The van der Waals surface area contributed by atoms with Gasteiger partial charge < -0.3 is 16.0 Å². The first kappa shape index (κ1) is 21.0.